The predicted octanol–water partition coefficient (Wildman–Crippen LogP) is 5.52. The molecule has 1 aliphatic carbocycles. The third-order valence-electron chi connectivity index (χ3n) is 6.06. The lowest BCUT2D eigenvalue weighted by atomic mass is 9.69. The van der Waals surface area contributed by atoms with Crippen LogP contribution in [0.4, 0.5) is 18.9 Å². The summed E-state index contributed by atoms with van der Waals surface area (Å²) in [6.45, 7) is 3.87. The number of H-pyrrole nitrogens is 1. The molecule has 1 aromatic heterocycles. The minimum Gasteiger partial charge on any atom is -0.389 e. The summed E-state index contributed by atoms with van der Waals surface area (Å²) in [5.74, 6) is 0.582. The van der Waals surface area contributed by atoms with Gasteiger partial charge in [0.1, 0.15) is 5.82 Å². The van der Waals surface area contributed by atoms with E-state index in [1.807, 2.05) is 30.4 Å². The molecule has 10 heteroatoms. The van der Waals surface area contributed by atoms with Gasteiger partial charge in [-0.3, -0.25) is 4.72 Å². The highest BCUT2D eigenvalue weighted by Gasteiger charge is 2.46. The van der Waals surface area contributed by atoms with Crippen LogP contribution in [0.5, 0.6) is 0 Å². The molecule has 0 aliphatic heterocycles. The lowest BCUT2D eigenvalue weighted by Crippen LogP contribution is -2.31. The van der Waals surface area contributed by atoms with Crippen LogP contribution in [-0.4, -0.2) is 35.1 Å². The number of aliphatic hydroxyl groups is 1. The van der Waals surface area contributed by atoms with Gasteiger partial charge in [0.05, 0.1) is 17.1 Å². The van der Waals surface area contributed by atoms with E-state index in [1.54, 1.807) is 19.1 Å². The first-order valence-electron chi connectivity index (χ1n) is 10.8. The number of allylic oxidation sites excluding steroid dienone is 3. The Morgan fingerprint density at radius 2 is 1.89 bits per heavy atom. The van der Waals surface area contributed by atoms with Crippen LogP contribution in [0, 0.1) is 0 Å². The molecule has 2 aromatic carbocycles. The number of benzene rings is 2. The van der Waals surface area contributed by atoms with Crippen molar-refractivity contribution in [2.75, 3.05) is 4.72 Å². The first-order chi connectivity index (χ1) is 16.4. The standard InChI is InChI=1S/C25H24F3N3O3S/c1-16(32)20-5-3-4-14-24(20,2)18-9-12-21-22(15-18)30-23(29-21)13-8-17-6-10-19(11-7-17)31-35(33,34)25(26,27)28/h3-13,15-16,31-32H,14H2,1-2H3,(H,29,30)/b13-8+. The van der Waals surface area contributed by atoms with Crippen molar-refractivity contribution in [1.29, 1.82) is 0 Å². The van der Waals surface area contributed by atoms with Gasteiger partial charge in [-0.05, 0) is 60.4 Å². The smallest absolute Gasteiger partial charge is 0.389 e. The van der Waals surface area contributed by atoms with E-state index in [2.05, 4.69) is 23.0 Å². The maximum Gasteiger partial charge on any atom is 0.516 e. The Morgan fingerprint density at radius 1 is 1.17 bits per heavy atom. The number of imidazole rings is 1. The average molecular weight is 504 g/mol. The Bertz CT molecular complexity index is 1440. The first-order valence-corrected chi connectivity index (χ1v) is 12.3. The fourth-order valence-electron chi connectivity index (χ4n) is 4.16. The summed E-state index contributed by atoms with van der Waals surface area (Å²) in [6, 6.07) is 11.4. The molecule has 0 fully saturated rings. The van der Waals surface area contributed by atoms with E-state index in [4.69, 9.17) is 0 Å². The topological polar surface area (TPSA) is 95.1 Å². The summed E-state index contributed by atoms with van der Waals surface area (Å²) in [6.07, 6.45) is 9.62. The Labute approximate surface area is 201 Å². The summed E-state index contributed by atoms with van der Waals surface area (Å²) in [5.41, 5.74) is -1.67. The quantitative estimate of drug-likeness (QED) is 0.413. The van der Waals surface area contributed by atoms with Crippen LogP contribution in [0.25, 0.3) is 23.2 Å². The van der Waals surface area contributed by atoms with Crippen LogP contribution in [0.15, 0.2) is 66.3 Å². The van der Waals surface area contributed by atoms with Crippen molar-refractivity contribution in [3.8, 4) is 0 Å². The van der Waals surface area contributed by atoms with Crippen molar-refractivity contribution in [2.24, 2.45) is 0 Å². The van der Waals surface area contributed by atoms with Crippen LogP contribution < -0.4 is 4.72 Å². The van der Waals surface area contributed by atoms with Crippen molar-refractivity contribution < 1.29 is 26.7 Å². The Morgan fingerprint density at radius 3 is 2.54 bits per heavy atom. The number of rotatable bonds is 6. The summed E-state index contributed by atoms with van der Waals surface area (Å²) in [7, 11) is -5.46. The van der Waals surface area contributed by atoms with Gasteiger partial charge in [0, 0.05) is 11.1 Å². The summed E-state index contributed by atoms with van der Waals surface area (Å²) < 4.78 is 61.5. The lowest BCUT2D eigenvalue weighted by molar-refractivity contribution is -0.0429. The average Bonchev–Trinajstić information content (AvgIpc) is 3.20. The van der Waals surface area contributed by atoms with Crippen molar-refractivity contribution in [2.45, 2.75) is 37.3 Å². The maximum atomic E-state index is 12.5. The SMILES string of the molecule is CC(O)C1=CC=CCC1(C)c1ccc2nc(/C=C/c3ccc(NS(=O)(=O)C(F)(F)F)cc3)[nH]c2c1. The third-order valence-corrected chi connectivity index (χ3v) is 7.18. The highest BCUT2D eigenvalue weighted by Crippen LogP contribution is 2.40. The number of nitrogens with zero attached hydrogens (tertiary/aromatic N) is 1. The van der Waals surface area contributed by atoms with Crippen molar-refractivity contribution in [1.82, 2.24) is 9.97 Å². The minimum absolute atomic E-state index is 0.188. The molecule has 2 unspecified atom stereocenters. The number of fused-ring (bicyclic) bond motifs is 1. The monoisotopic (exact) mass is 503 g/mol. The lowest BCUT2D eigenvalue weighted by Gasteiger charge is -2.35. The van der Waals surface area contributed by atoms with Gasteiger partial charge in [-0.25, -0.2) is 4.98 Å². The zero-order chi connectivity index (χ0) is 25.4. The molecule has 3 N–H and O–H groups in total. The molecule has 0 saturated carbocycles. The van der Waals surface area contributed by atoms with Gasteiger partial charge in [-0.2, -0.15) is 21.6 Å². The Kier molecular flexibility index (Phi) is 6.37. The molecule has 0 saturated heterocycles. The summed E-state index contributed by atoms with van der Waals surface area (Å²) >= 11 is 0. The number of nitrogens with one attached hydrogen (secondary N) is 2. The van der Waals surface area contributed by atoms with Crippen LogP contribution in [0.3, 0.4) is 0 Å². The number of anilines is 1. The normalized spacial score (nSPS) is 19.8. The number of aromatic nitrogens is 2. The molecule has 0 spiro atoms. The molecule has 184 valence electrons. The zero-order valence-electron chi connectivity index (χ0n) is 19.0. The number of hydrogen-bond acceptors (Lipinski definition) is 4. The number of aliphatic hydroxyl groups excluding tert-OH is 1. The van der Waals surface area contributed by atoms with Crippen LogP contribution >= 0.6 is 0 Å². The minimum atomic E-state index is -5.46. The molecular weight excluding hydrogens is 479 g/mol. The fourth-order valence-corrected chi connectivity index (χ4v) is 4.73. The number of sulfonamides is 1. The van der Waals surface area contributed by atoms with E-state index in [1.165, 1.54) is 29.0 Å². The van der Waals surface area contributed by atoms with E-state index >= 15 is 0 Å². The first kappa shape index (κ1) is 24.7. The fraction of sp³-hybridized carbons (Fsp3) is 0.240. The van der Waals surface area contributed by atoms with Crippen LogP contribution in [0.2, 0.25) is 0 Å². The highest BCUT2D eigenvalue weighted by molar-refractivity contribution is 7.93. The van der Waals surface area contributed by atoms with E-state index in [0.717, 1.165) is 28.6 Å². The molecule has 1 aliphatic rings. The molecule has 4 rings (SSSR count). The molecule has 35 heavy (non-hydrogen) atoms. The number of halogens is 3. The molecule has 6 nitrogen and oxygen atoms in total. The molecule has 0 bridgehead atoms. The van der Waals surface area contributed by atoms with Crippen LogP contribution in [-0.2, 0) is 15.4 Å². The van der Waals surface area contributed by atoms with Gasteiger partial charge < -0.3 is 10.1 Å². The number of aromatic amines is 1. The largest absolute Gasteiger partial charge is 0.516 e. The Hall–Kier alpha value is -3.37. The van der Waals surface area contributed by atoms with Crippen molar-refractivity contribution in [3.05, 3.63) is 83.2 Å². The molecule has 0 radical (unpaired) electrons. The van der Waals surface area contributed by atoms with Gasteiger partial charge in [-0.1, -0.05) is 49.4 Å². The van der Waals surface area contributed by atoms with E-state index in [-0.39, 0.29) is 11.1 Å². The van der Waals surface area contributed by atoms with E-state index in [9.17, 15) is 26.7 Å². The summed E-state index contributed by atoms with van der Waals surface area (Å²) in [4.78, 5) is 7.80. The molecule has 1 heterocycles. The highest BCUT2D eigenvalue weighted by atomic mass is 32.2. The van der Waals surface area contributed by atoms with Gasteiger partial charge >= 0.3 is 15.5 Å². The number of hydrogen-bond donors (Lipinski definition) is 3. The Balaban J connectivity index is 1.53. The van der Waals surface area contributed by atoms with Crippen LogP contribution in [0.1, 0.15) is 37.2 Å². The van der Waals surface area contributed by atoms with Crippen molar-refractivity contribution in [3.63, 3.8) is 0 Å². The maximum absolute atomic E-state index is 12.5. The van der Waals surface area contributed by atoms with E-state index < -0.39 is 21.6 Å². The second-order valence-corrected chi connectivity index (χ2v) is 10.3. The molecular formula is C25H24F3N3O3S. The third kappa shape index (κ3) is 5.03. The molecule has 2 atom stereocenters. The number of alkyl halides is 3. The zero-order valence-corrected chi connectivity index (χ0v) is 19.8. The van der Waals surface area contributed by atoms with Gasteiger partial charge in [-0.15, -0.1) is 0 Å². The van der Waals surface area contributed by atoms with Gasteiger partial charge in [0.25, 0.3) is 0 Å². The van der Waals surface area contributed by atoms with Gasteiger partial charge in [0.15, 0.2) is 0 Å². The second-order valence-electron chi connectivity index (χ2n) is 8.62. The van der Waals surface area contributed by atoms with Crippen molar-refractivity contribution >= 4 is 38.9 Å². The molecule has 0 amide bonds. The summed E-state index contributed by atoms with van der Waals surface area (Å²) in [5, 5.41) is 10.3. The molecule has 3 aromatic rings. The van der Waals surface area contributed by atoms with Gasteiger partial charge in [0.2, 0.25) is 0 Å². The second kappa shape index (κ2) is 9.01. The predicted molar refractivity (Wildman–Crippen MR) is 131 cm³/mol. The van der Waals surface area contributed by atoms with E-state index in [0.29, 0.717) is 11.4 Å².